The molecule has 5 heteroatoms. The molecule has 2 saturated carbocycles. The van der Waals surface area contributed by atoms with E-state index in [0.29, 0.717) is 11.5 Å². The molecule has 0 N–H and O–H groups in total. The van der Waals surface area contributed by atoms with Crippen LogP contribution in [0.4, 0.5) is 0 Å². The Bertz CT molecular complexity index is 669. The van der Waals surface area contributed by atoms with Crippen molar-refractivity contribution in [2.75, 3.05) is 6.61 Å². The fourth-order valence-corrected chi connectivity index (χ4v) is 6.51. The SMILES string of the molecule is CCOC(=O)[C@@H]1[C@H](S(=O)(=O)c2ccc(C)cc2)C12CCCC2. The number of rotatable bonds is 4. The number of hydrogen-bond donors (Lipinski definition) is 0. The molecule has 0 unspecified atom stereocenters. The molecule has 22 heavy (non-hydrogen) atoms. The van der Waals surface area contributed by atoms with Crippen LogP contribution in [0.3, 0.4) is 0 Å². The van der Waals surface area contributed by atoms with Crippen LogP contribution in [-0.4, -0.2) is 26.2 Å². The van der Waals surface area contributed by atoms with Gasteiger partial charge in [0.25, 0.3) is 0 Å². The van der Waals surface area contributed by atoms with Gasteiger partial charge in [0, 0.05) is 5.41 Å². The van der Waals surface area contributed by atoms with Gasteiger partial charge in [-0.25, -0.2) is 8.42 Å². The molecular weight excluding hydrogens is 300 g/mol. The van der Waals surface area contributed by atoms with E-state index in [1.165, 1.54) is 0 Å². The quantitative estimate of drug-likeness (QED) is 0.800. The number of esters is 1. The normalized spacial score (nSPS) is 26.1. The highest BCUT2D eigenvalue weighted by molar-refractivity contribution is 7.92. The molecule has 0 amide bonds. The maximum atomic E-state index is 13.0. The molecule has 3 rings (SSSR count). The van der Waals surface area contributed by atoms with Gasteiger partial charge < -0.3 is 4.74 Å². The van der Waals surface area contributed by atoms with Gasteiger partial charge in [0.05, 0.1) is 22.7 Å². The summed E-state index contributed by atoms with van der Waals surface area (Å²) in [5, 5.41) is -0.607. The molecule has 2 aliphatic carbocycles. The monoisotopic (exact) mass is 322 g/mol. The molecule has 0 heterocycles. The zero-order valence-corrected chi connectivity index (χ0v) is 13.9. The van der Waals surface area contributed by atoms with Crippen LogP contribution in [-0.2, 0) is 19.4 Å². The first-order valence-electron chi connectivity index (χ1n) is 7.91. The number of benzene rings is 1. The maximum absolute atomic E-state index is 13.0. The maximum Gasteiger partial charge on any atom is 0.310 e. The van der Waals surface area contributed by atoms with Gasteiger partial charge in [-0.2, -0.15) is 0 Å². The van der Waals surface area contributed by atoms with Crippen molar-refractivity contribution >= 4 is 15.8 Å². The summed E-state index contributed by atoms with van der Waals surface area (Å²) in [4.78, 5) is 12.5. The summed E-state index contributed by atoms with van der Waals surface area (Å²) in [6, 6.07) is 6.90. The molecule has 4 nitrogen and oxygen atoms in total. The van der Waals surface area contributed by atoms with Crippen molar-refractivity contribution < 1.29 is 17.9 Å². The molecule has 0 aromatic heterocycles. The van der Waals surface area contributed by atoms with Crippen LogP contribution in [0.2, 0.25) is 0 Å². The molecule has 1 aromatic rings. The molecule has 2 fully saturated rings. The second-order valence-corrected chi connectivity index (χ2v) is 8.52. The van der Waals surface area contributed by atoms with E-state index in [4.69, 9.17) is 4.74 Å². The first kappa shape index (κ1) is 15.5. The van der Waals surface area contributed by atoms with E-state index in [0.717, 1.165) is 31.2 Å². The average molecular weight is 322 g/mol. The highest BCUT2D eigenvalue weighted by Gasteiger charge is 2.74. The summed E-state index contributed by atoms with van der Waals surface area (Å²) in [5.41, 5.74) is 0.642. The Hall–Kier alpha value is -1.36. The number of carbonyl (C=O) groups excluding carboxylic acids is 1. The van der Waals surface area contributed by atoms with Crippen LogP contribution in [0.1, 0.15) is 38.2 Å². The Kier molecular flexibility index (Phi) is 3.79. The third-order valence-corrected chi connectivity index (χ3v) is 7.48. The van der Waals surface area contributed by atoms with Crippen molar-refractivity contribution in [2.24, 2.45) is 11.3 Å². The lowest BCUT2D eigenvalue weighted by Gasteiger charge is -2.09. The van der Waals surface area contributed by atoms with Crippen LogP contribution < -0.4 is 0 Å². The highest BCUT2D eigenvalue weighted by Crippen LogP contribution is 2.67. The minimum atomic E-state index is -3.49. The van der Waals surface area contributed by atoms with E-state index < -0.39 is 21.0 Å². The summed E-state index contributed by atoms with van der Waals surface area (Å²) >= 11 is 0. The van der Waals surface area contributed by atoms with Gasteiger partial charge in [0.1, 0.15) is 0 Å². The van der Waals surface area contributed by atoms with Gasteiger partial charge in [0.15, 0.2) is 9.84 Å². The van der Waals surface area contributed by atoms with Crippen molar-refractivity contribution in [1.29, 1.82) is 0 Å². The molecule has 1 aromatic carbocycles. The summed E-state index contributed by atoms with van der Waals surface area (Å²) in [6.45, 7) is 3.97. The number of ether oxygens (including phenoxy) is 1. The smallest absolute Gasteiger partial charge is 0.310 e. The van der Waals surface area contributed by atoms with Crippen molar-refractivity contribution in [1.82, 2.24) is 0 Å². The van der Waals surface area contributed by atoms with Crippen LogP contribution in [0, 0.1) is 18.3 Å². The Morgan fingerprint density at radius 2 is 1.82 bits per heavy atom. The van der Waals surface area contributed by atoms with Gasteiger partial charge in [-0.1, -0.05) is 30.5 Å². The number of carbonyl (C=O) groups is 1. The molecule has 0 bridgehead atoms. The lowest BCUT2D eigenvalue weighted by atomic mass is 10.0. The Balaban J connectivity index is 1.95. The van der Waals surface area contributed by atoms with Gasteiger partial charge in [-0.3, -0.25) is 4.79 Å². The minimum absolute atomic E-state index is 0.294. The van der Waals surface area contributed by atoms with E-state index in [-0.39, 0.29) is 11.4 Å². The van der Waals surface area contributed by atoms with Crippen LogP contribution in [0.25, 0.3) is 0 Å². The first-order valence-corrected chi connectivity index (χ1v) is 9.45. The van der Waals surface area contributed by atoms with E-state index in [9.17, 15) is 13.2 Å². The predicted molar refractivity (Wildman–Crippen MR) is 83.2 cm³/mol. The lowest BCUT2D eigenvalue weighted by molar-refractivity contribution is -0.145. The number of sulfone groups is 1. The van der Waals surface area contributed by atoms with Crippen molar-refractivity contribution in [3.8, 4) is 0 Å². The van der Waals surface area contributed by atoms with Gasteiger partial charge in [-0.15, -0.1) is 0 Å². The Morgan fingerprint density at radius 1 is 1.23 bits per heavy atom. The van der Waals surface area contributed by atoms with Crippen LogP contribution in [0.15, 0.2) is 29.2 Å². The molecule has 0 aliphatic heterocycles. The summed E-state index contributed by atoms with van der Waals surface area (Å²) < 4.78 is 31.1. The van der Waals surface area contributed by atoms with Crippen LogP contribution >= 0.6 is 0 Å². The van der Waals surface area contributed by atoms with E-state index in [2.05, 4.69) is 0 Å². The average Bonchev–Trinajstić information content (AvgIpc) is 2.88. The third kappa shape index (κ3) is 2.26. The summed E-state index contributed by atoms with van der Waals surface area (Å²) in [5.74, 6) is -0.827. The molecule has 2 aliphatic rings. The molecule has 2 atom stereocenters. The molecular formula is C17H22O4S. The molecule has 1 spiro atoms. The minimum Gasteiger partial charge on any atom is -0.466 e. The van der Waals surface area contributed by atoms with E-state index in [1.807, 2.05) is 6.92 Å². The molecule has 0 radical (unpaired) electrons. The van der Waals surface area contributed by atoms with E-state index in [1.54, 1.807) is 31.2 Å². The number of hydrogen-bond acceptors (Lipinski definition) is 4. The van der Waals surface area contributed by atoms with Gasteiger partial charge in [-0.05, 0) is 38.8 Å². The number of aryl methyl sites for hydroxylation is 1. The van der Waals surface area contributed by atoms with E-state index >= 15 is 0 Å². The lowest BCUT2D eigenvalue weighted by Crippen LogP contribution is -2.16. The van der Waals surface area contributed by atoms with Gasteiger partial charge >= 0.3 is 5.97 Å². The molecule has 0 saturated heterocycles. The third-order valence-electron chi connectivity index (χ3n) is 5.14. The van der Waals surface area contributed by atoms with Crippen molar-refractivity contribution in [3.63, 3.8) is 0 Å². The largest absolute Gasteiger partial charge is 0.466 e. The first-order chi connectivity index (χ1) is 10.4. The van der Waals surface area contributed by atoms with Gasteiger partial charge in [0.2, 0.25) is 0 Å². The Morgan fingerprint density at radius 3 is 2.36 bits per heavy atom. The highest BCUT2D eigenvalue weighted by atomic mass is 32.2. The zero-order valence-electron chi connectivity index (χ0n) is 13.0. The summed E-state index contributed by atoms with van der Waals surface area (Å²) in [7, 11) is -3.49. The zero-order chi connectivity index (χ0) is 16.0. The predicted octanol–water partition coefficient (Wildman–Crippen LogP) is 2.89. The fourth-order valence-electron chi connectivity index (χ4n) is 4.04. The second kappa shape index (κ2) is 5.37. The Labute approximate surface area is 131 Å². The van der Waals surface area contributed by atoms with Crippen LogP contribution in [0.5, 0.6) is 0 Å². The van der Waals surface area contributed by atoms with Crippen molar-refractivity contribution in [3.05, 3.63) is 29.8 Å². The molecule has 120 valence electrons. The second-order valence-electron chi connectivity index (χ2n) is 6.45. The fraction of sp³-hybridized carbons (Fsp3) is 0.588. The topological polar surface area (TPSA) is 60.4 Å². The summed E-state index contributed by atoms with van der Waals surface area (Å²) in [6.07, 6.45) is 3.62. The van der Waals surface area contributed by atoms with Crippen molar-refractivity contribution in [2.45, 2.75) is 49.7 Å². The standard InChI is InChI=1S/C17H22O4S/c1-3-21-16(18)14-15(17(14)10-4-5-11-17)22(19,20)13-8-6-12(2)7-9-13/h6-9,14-15H,3-5,10-11H2,1-2H3/t14-,15-/m0/s1.